The SMILES string of the molecule is Cc1ccc(N2CCC2C)c(Br)c1. The van der Waals surface area contributed by atoms with Gasteiger partial charge in [0.2, 0.25) is 0 Å². The summed E-state index contributed by atoms with van der Waals surface area (Å²) in [6, 6.07) is 7.26. The van der Waals surface area contributed by atoms with Crippen LogP contribution in [0.15, 0.2) is 22.7 Å². The predicted molar refractivity (Wildman–Crippen MR) is 60.3 cm³/mol. The second-order valence-electron chi connectivity index (χ2n) is 3.79. The van der Waals surface area contributed by atoms with Crippen molar-refractivity contribution in [3.63, 3.8) is 0 Å². The summed E-state index contributed by atoms with van der Waals surface area (Å²) in [5, 5.41) is 0. The summed E-state index contributed by atoms with van der Waals surface area (Å²) in [4.78, 5) is 2.43. The van der Waals surface area contributed by atoms with E-state index in [4.69, 9.17) is 0 Å². The van der Waals surface area contributed by atoms with Crippen LogP contribution in [0.25, 0.3) is 0 Å². The van der Waals surface area contributed by atoms with Gasteiger partial charge in [0, 0.05) is 17.1 Å². The lowest BCUT2D eigenvalue weighted by Crippen LogP contribution is -2.45. The van der Waals surface area contributed by atoms with Gasteiger partial charge in [-0.05, 0) is 53.9 Å². The quantitative estimate of drug-likeness (QED) is 0.727. The van der Waals surface area contributed by atoms with Crippen LogP contribution in [0.2, 0.25) is 0 Å². The van der Waals surface area contributed by atoms with Crippen LogP contribution >= 0.6 is 15.9 Å². The molecule has 13 heavy (non-hydrogen) atoms. The summed E-state index contributed by atoms with van der Waals surface area (Å²) < 4.78 is 1.22. The smallest absolute Gasteiger partial charge is 0.0513 e. The van der Waals surface area contributed by atoms with Gasteiger partial charge in [-0.15, -0.1) is 0 Å². The van der Waals surface area contributed by atoms with Crippen molar-refractivity contribution in [2.45, 2.75) is 26.3 Å². The van der Waals surface area contributed by atoms with Crippen molar-refractivity contribution < 1.29 is 0 Å². The van der Waals surface area contributed by atoms with Crippen molar-refractivity contribution in [3.05, 3.63) is 28.2 Å². The van der Waals surface area contributed by atoms with Crippen LogP contribution < -0.4 is 4.90 Å². The summed E-state index contributed by atoms with van der Waals surface area (Å²) in [7, 11) is 0. The average Bonchev–Trinajstić information content (AvgIpc) is 2.07. The van der Waals surface area contributed by atoms with Crippen LogP contribution in [0, 0.1) is 6.92 Å². The third kappa shape index (κ3) is 1.60. The number of aryl methyl sites for hydroxylation is 1. The van der Waals surface area contributed by atoms with Crippen LogP contribution in [-0.2, 0) is 0 Å². The first kappa shape index (κ1) is 9.07. The maximum absolute atomic E-state index is 3.61. The Kier molecular flexibility index (Phi) is 2.33. The van der Waals surface area contributed by atoms with Crippen LogP contribution in [-0.4, -0.2) is 12.6 Å². The summed E-state index contributed by atoms with van der Waals surface area (Å²) in [6.45, 7) is 5.59. The molecule has 0 saturated carbocycles. The van der Waals surface area contributed by atoms with Gasteiger partial charge in [0.15, 0.2) is 0 Å². The minimum Gasteiger partial charge on any atom is -0.368 e. The maximum atomic E-state index is 3.61. The number of halogens is 1. The molecule has 1 aromatic carbocycles. The molecular formula is C11H14BrN. The van der Waals surface area contributed by atoms with E-state index in [1.165, 1.54) is 28.7 Å². The minimum atomic E-state index is 0.707. The molecule has 0 spiro atoms. The van der Waals surface area contributed by atoms with E-state index in [0.29, 0.717) is 6.04 Å². The molecule has 1 aliphatic heterocycles. The molecule has 1 aliphatic rings. The highest BCUT2D eigenvalue weighted by Crippen LogP contribution is 2.33. The number of hydrogen-bond donors (Lipinski definition) is 0. The summed E-state index contributed by atoms with van der Waals surface area (Å²) in [5.74, 6) is 0. The van der Waals surface area contributed by atoms with Gasteiger partial charge in [-0.3, -0.25) is 0 Å². The van der Waals surface area contributed by atoms with Crippen LogP contribution in [0.3, 0.4) is 0 Å². The van der Waals surface area contributed by atoms with Crippen molar-refractivity contribution >= 4 is 21.6 Å². The molecule has 0 amide bonds. The number of nitrogens with zero attached hydrogens (tertiary/aromatic N) is 1. The molecule has 2 heteroatoms. The van der Waals surface area contributed by atoms with E-state index < -0.39 is 0 Å². The molecule has 1 fully saturated rings. The molecule has 70 valence electrons. The van der Waals surface area contributed by atoms with E-state index in [1.54, 1.807) is 0 Å². The minimum absolute atomic E-state index is 0.707. The highest BCUT2D eigenvalue weighted by Gasteiger charge is 2.24. The highest BCUT2D eigenvalue weighted by molar-refractivity contribution is 9.10. The first-order valence-corrected chi connectivity index (χ1v) is 5.50. The zero-order valence-electron chi connectivity index (χ0n) is 8.05. The van der Waals surface area contributed by atoms with Crippen molar-refractivity contribution in [3.8, 4) is 0 Å². The van der Waals surface area contributed by atoms with Crippen LogP contribution in [0.4, 0.5) is 5.69 Å². The molecule has 0 radical (unpaired) electrons. The zero-order valence-corrected chi connectivity index (χ0v) is 9.63. The number of anilines is 1. The molecular weight excluding hydrogens is 226 g/mol. The number of benzene rings is 1. The molecule has 1 unspecified atom stereocenters. The Morgan fingerprint density at radius 2 is 2.23 bits per heavy atom. The molecule has 0 aromatic heterocycles. The Balaban J connectivity index is 2.30. The van der Waals surface area contributed by atoms with E-state index in [0.717, 1.165) is 0 Å². The van der Waals surface area contributed by atoms with Gasteiger partial charge in [-0.1, -0.05) is 6.07 Å². The summed E-state index contributed by atoms with van der Waals surface area (Å²) in [6.07, 6.45) is 1.32. The predicted octanol–water partition coefficient (Wildman–Crippen LogP) is 3.36. The molecule has 1 atom stereocenters. The van der Waals surface area contributed by atoms with Crippen molar-refractivity contribution in [1.82, 2.24) is 0 Å². The zero-order chi connectivity index (χ0) is 9.42. The van der Waals surface area contributed by atoms with Gasteiger partial charge in [-0.2, -0.15) is 0 Å². The first-order valence-electron chi connectivity index (χ1n) is 4.71. The van der Waals surface area contributed by atoms with E-state index in [9.17, 15) is 0 Å². The Bertz CT molecular complexity index is 322. The molecule has 0 N–H and O–H groups in total. The van der Waals surface area contributed by atoms with Gasteiger partial charge in [-0.25, -0.2) is 0 Å². The fourth-order valence-electron chi connectivity index (χ4n) is 1.72. The summed E-state index contributed by atoms with van der Waals surface area (Å²) >= 11 is 3.61. The fraction of sp³-hybridized carbons (Fsp3) is 0.455. The maximum Gasteiger partial charge on any atom is 0.0513 e. The van der Waals surface area contributed by atoms with Gasteiger partial charge < -0.3 is 4.90 Å². The Hall–Kier alpha value is -0.500. The van der Waals surface area contributed by atoms with E-state index in [2.05, 4.69) is 52.9 Å². The topological polar surface area (TPSA) is 3.24 Å². The van der Waals surface area contributed by atoms with Gasteiger partial charge >= 0.3 is 0 Å². The second-order valence-corrected chi connectivity index (χ2v) is 4.64. The number of hydrogen-bond acceptors (Lipinski definition) is 1. The normalized spacial score (nSPS) is 21.5. The highest BCUT2D eigenvalue weighted by atomic mass is 79.9. The first-order chi connectivity index (χ1) is 6.18. The van der Waals surface area contributed by atoms with E-state index in [1.807, 2.05) is 0 Å². The lowest BCUT2D eigenvalue weighted by molar-refractivity contribution is 0.480. The molecule has 0 aliphatic carbocycles. The molecule has 2 rings (SSSR count). The fourth-order valence-corrected chi connectivity index (χ4v) is 2.44. The van der Waals surface area contributed by atoms with Gasteiger partial charge in [0.05, 0.1) is 5.69 Å². The lowest BCUT2D eigenvalue weighted by atomic mass is 10.0. The number of rotatable bonds is 1. The molecule has 1 aromatic rings. The standard InChI is InChI=1S/C11H14BrN/c1-8-3-4-11(10(12)7-8)13-6-5-9(13)2/h3-4,7,9H,5-6H2,1-2H3. The van der Waals surface area contributed by atoms with Crippen molar-refractivity contribution in [2.75, 3.05) is 11.4 Å². The molecule has 0 bridgehead atoms. The molecule has 1 heterocycles. The van der Waals surface area contributed by atoms with Crippen LogP contribution in [0.5, 0.6) is 0 Å². The van der Waals surface area contributed by atoms with Crippen LogP contribution in [0.1, 0.15) is 18.9 Å². The third-order valence-electron chi connectivity index (χ3n) is 2.73. The Morgan fingerprint density at radius 3 is 2.69 bits per heavy atom. The van der Waals surface area contributed by atoms with Crippen molar-refractivity contribution in [2.24, 2.45) is 0 Å². The van der Waals surface area contributed by atoms with Gasteiger partial charge in [0.25, 0.3) is 0 Å². The summed E-state index contributed by atoms with van der Waals surface area (Å²) in [5.41, 5.74) is 2.65. The third-order valence-corrected chi connectivity index (χ3v) is 3.37. The Morgan fingerprint density at radius 1 is 1.46 bits per heavy atom. The molecule has 1 nitrogen and oxygen atoms in total. The second kappa shape index (κ2) is 3.33. The lowest BCUT2D eigenvalue weighted by Gasteiger charge is -2.41. The van der Waals surface area contributed by atoms with Crippen molar-refractivity contribution in [1.29, 1.82) is 0 Å². The largest absolute Gasteiger partial charge is 0.368 e. The Labute approximate surface area is 87.9 Å². The van der Waals surface area contributed by atoms with Gasteiger partial charge in [0.1, 0.15) is 0 Å². The molecule has 1 saturated heterocycles. The van der Waals surface area contributed by atoms with E-state index >= 15 is 0 Å². The van der Waals surface area contributed by atoms with E-state index in [-0.39, 0.29) is 0 Å². The average molecular weight is 240 g/mol. The monoisotopic (exact) mass is 239 g/mol.